The van der Waals surface area contributed by atoms with E-state index >= 15 is 0 Å². The summed E-state index contributed by atoms with van der Waals surface area (Å²) in [5, 5.41) is 0. The zero-order valence-corrected chi connectivity index (χ0v) is 18.5. The molecule has 1 amide bonds. The summed E-state index contributed by atoms with van der Waals surface area (Å²) in [4.78, 5) is 27.1. The van der Waals surface area contributed by atoms with Crippen LogP contribution in [0, 0.1) is 6.92 Å². The Morgan fingerprint density at radius 2 is 1.77 bits per heavy atom. The lowest BCUT2D eigenvalue weighted by Gasteiger charge is -2.34. The molecule has 0 radical (unpaired) electrons. The molecule has 0 bridgehead atoms. The van der Waals surface area contributed by atoms with Gasteiger partial charge in [-0.3, -0.25) is 4.79 Å². The maximum atomic E-state index is 13.2. The zero-order valence-electron chi connectivity index (χ0n) is 18.5. The summed E-state index contributed by atoms with van der Waals surface area (Å²) in [6, 6.07) is 8.23. The van der Waals surface area contributed by atoms with E-state index in [9.17, 15) is 4.79 Å². The van der Waals surface area contributed by atoms with Crippen LogP contribution in [-0.4, -0.2) is 40.4 Å². The van der Waals surface area contributed by atoms with Gasteiger partial charge in [0.2, 0.25) is 0 Å². The number of aromatic nitrogens is 2. The number of rotatable bonds is 6. The Morgan fingerprint density at radius 3 is 2.50 bits per heavy atom. The molecule has 0 atom stereocenters. The van der Waals surface area contributed by atoms with E-state index in [1.54, 1.807) is 0 Å². The van der Waals surface area contributed by atoms with Gasteiger partial charge in [0.25, 0.3) is 5.91 Å². The number of carbonyl (C=O) groups excluding carboxylic acids is 1. The minimum atomic E-state index is 0.117. The van der Waals surface area contributed by atoms with E-state index in [1.165, 1.54) is 44.1 Å². The van der Waals surface area contributed by atoms with Gasteiger partial charge >= 0.3 is 0 Å². The number of aryl methyl sites for hydroxylation is 2. The van der Waals surface area contributed by atoms with E-state index < -0.39 is 0 Å². The number of anilines is 1. The van der Waals surface area contributed by atoms with Crippen LogP contribution in [0.15, 0.2) is 24.3 Å². The number of hydrogen-bond donors (Lipinski definition) is 0. The zero-order chi connectivity index (χ0) is 20.9. The molecule has 0 unspecified atom stereocenters. The first kappa shape index (κ1) is 20.8. The van der Waals surface area contributed by atoms with Gasteiger partial charge in [0.15, 0.2) is 0 Å². The van der Waals surface area contributed by atoms with Crippen molar-refractivity contribution in [3.05, 3.63) is 52.5 Å². The predicted molar refractivity (Wildman–Crippen MR) is 121 cm³/mol. The van der Waals surface area contributed by atoms with Crippen LogP contribution in [0.3, 0.4) is 0 Å². The highest BCUT2D eigenvalue weighted by atomic mass is 16.2. The van der Waals surface area contributed by atoms with Crippen LogP contribution in [0.5, 0.6) is 0 Å². The van der Waals surface area contributed by atoms with Crippen molar-refractivity contribution in [2.75, 3.05) is 24.5 Å². The molecule has 5 nitrogen and oxygen atoms in total. The molecule has 1 aromatic heterocycles. The Bertz CT molecular complexity index is 871. The van der Waals surface area contributed by atoms with Crippen LogP contribution >= 0.6 is 0 Å². The van der Waals surface area contributed by atoms with Crippen molar-refractivity contribution in [3.8, 4) is 0 Å². The summed E-state index contributed by atoms with van der Waals surface area (Å²) in [6.07, 6.45) is 9.32. The molecule has 1 aromatic carbocycles. The van der Waals surface area contributed by atoms with Crippen molar-refractivity contribution in [2.24, 2.45) is 0 Å². The number of amides is 1. The SMILES string of the molecule is CCCCCc1ccc(C(=O)N2CCc3nc(C)nc(N4CCCCC4)c3C2)cc1. The molecule has 30 heavy (non-hydrogen) atoms. The summed E-state index contributed by atoms with van der Waals surface area (Å²) >= 11 is 0. The highest BCUT2D eigenvalue weighted by Crippen LogP contribution is 2.29. The van der Waals surface area contributed by atoms with Gasteiger partial charge in [0.05, 0.1) is 12.2 Å². The average Bonchev–Trinajstić information content (AvgIpc) is 2.79. The van der Waals surface area contributed by atoms with Crippen molar-refractivity contribution < 1.29 is 4.79 Å². The van der Waals surface area contributed by atoms with E-state index in [0.717, 1.165) is 60.9 Å². The first-order valence-electron chi connectivity index (χ1n) is 11.6. The first-order valence-corrected chi connectivity index (χ1v) is 11.6. The van der Waals surface area contributed by atoms with Gasteiger partial charge in [-0.05, 0) is 56.7 Å². The molecule has 160 valence electrons. The molecule has 5 heteroatoms. The van der Waals surface area contributed by atoms with E-state index in [0.29, 0.717) is 6.54 Å². The molecule has 1 saturated heterocycles. The fraction of sp³-hybridized carbons (Fsp3) is 0.560. The number of carbonyl (C=O) groups is 1. The van der Waals surface area contributed by atoms with Crippen LogP contribution in [0.2, 0.25) is 0 Å². The third kappa shape index (κ3) is 4.66. The molecule has 0 saturated carbocycles. The quantitative estimate of drug-likeness (QED) is 0.652. The summed E-state index contributed by atoms with van der Waals surface area (Å²) in [6.45, 7) is 7.64. The Hall–Kier alpha value is -2.43. The summed E-state index contributed by atoms with van der Waals surface area (Å²) < 4.78 is 0. The monoisotopic (exact) mass is 406 g/mol. The lowest BCUT2D eigenvalue weighted by atomic mass is 10.0. The fourth-order valence-corrected chi connectivity index (χ4v) is 4.63. The Morgan fingerprint density at radius 1 is 1.00 bits per heavy atom. The topological polar surface area (TPSA) is 49.3 Å². The smallest absolute Gasteiger partial charge is 0.254 e. The number of benzene rings is 1. The summed E-state index contributed by atoms with van der Waals surface area (Å²) in [7, 11) is 0. The Balaban J connectivity index is 1.50. The molecule has 2 aliphatic heterocycles. The van der Waals surface area contributed by atoms with Crippen molar-refractivity contribution in [1.29, 1.82) is 0 Å². The normalized spacial score (nSPS) is 16.5. The molecule has 0 spiro atoms. The molecular weight excluding hydrogens is 372 g/mol. The third-order valence-electron chi connectivity index (χ3n) is 6.36. The van der Waals surface area contributed by atoms with Crippen molar-refractivity contribution in [1.82, 2.24) is 14.9 Å². The number of unbranched alkanes of at least 4 members (excludes halogenated alkanes) is 2. The second-order valence-corrected chi connectivity index (χ2v) is 8.70. The van der Waals surface area contributed by atoms with Crippen molar-refractivity contribution in [2.45, 2.75) is 71.8 Å². The lowest BCUT2D eigenvalue weighted by Crippen LogP contribution is -2.39. The number of hydrogen-bond acceptors (Lipinski definition) is 4. The lowest BCUT2D eigenvalue weighted by molar-refractivity contribution is 0.0733. The number of nitrogens with zero attached hydrogens (tertiary/aromatic N) is 4. The van der Waals surface area contributed by atoms with Crippen molar-refractivity contribution in [3.63, 3.8) is 0 Å². The molecule has 2 aliphatic rings. The Kier molecular flexibility index (Phi) is 6.66. The van der Waals surface area contributed by atoms with Gasteiger partial charge in [0, 0.05) is 37.2 Å². The van der Waals surface area contributed by atoms with Gasteiger partial charge in [-0.1, -0.05) is 31.9 Å². The standard InChI is InChI=1S/C25H34N4O/c1-3-4-6-9-20-10-12-21(13-11-20)25(30)29-17-14-23-22(18-29)24(27-19(2)26-23)28-15-7-5-8-16-28/h10-13H,3-9,14-18H2,1-2H3. The summed E-state index contributed by atoms with van der Waals surface area (Å²) in [5.41, 5.74) is 4.38. The largest absolute Gasteiger partial charge is 0.356 e. The first-order chi connectivity index (χ1) is 14.7. The number of fused-ring (bicyclic) bond motifs is 1. The minimum Gasteiger partial charge on any atom is -0.356 e. The average molecular weight is 407 g/mol. The van der Waals surface area contributed by atoms with Gasteiger partial charge in [-0.15, -0.1) is 0 Å². The molecule has 1 fully saturated rings. The van der Waals surface area contributed by atoms with Gasteiger partial charge in [-0.2, -0.15) is 0 Å². The van der Waals surface area contributed by atoms with Crippen LogP contribution in [0.1, 0.15) is 78.5 Å². The second kappa shape index (κ2) is 9.59. The highest BCUT2D eigenvalue weighted by Gasteiger charge is 2.28. The highest BCUT2D eigenvalue weighted by molar-refractivity contribution is 5.94. The number of piperidine rings is 1. The maximum absolute atomic E-state index is 13.2. The van der Waals surface area contributed by atoms with Crippen LogP contribution < -0.4 is 4.90 Å². The van der Waals surface area contributed by atoms with E-state index in [-0.39, 0.29) is 5.91 Å². The van der Waals surface area contributed by atoms with Crippen LogP contribution in [0.4, 0.5) is 5.82 Å². The molecule has 3 heterocycles. The molecule has 0 N–H and O–H groups in total. The molecule has 2 aromatic rings. The maximum Gasteiger partial charge on any atom is 0.254 e. The van der Waals surface area contributed by atoms with Crippen LogP contribution in [-0.2, 0) is 19.4 Å². The minimum absolute atomic E-state index is 0.117. The summed E-state index contributed by atoms with van der Waals surface area (Å²) in [5.74, 6) is 2.01. The van der Waals surface area contributed by atoms with E-state index in [1.807, 2.05) is 24.0 Å². The molecule has 0 aliphatic carbocycles. The van der Waals surface area contributed by atoms with Crippen LogP contribution in [0.25, 0.3) is 0 Å². The van der Waals surface area contributed by atoms with E-state index in [4.69, 9.17) is 9.97 Å². The van der Waals surface area contributed by atoms with Gasteiger partial charge in [-0.25, -0.2) is 9.97 Å². The van der Waals surface area contributed by atoms with Crippen molar-refractivity contribution >= 4 is 11.7 Å². The third-order valence-corrected chi connectivity index (χ3v) is 6.36. The van der Waals surface area contributed by atoms with Gasteiger partial charge < -0.3 is 9.80 Å². The molecule has 4 rings (SSSR count). The molecular formula is C25H34N4O. The fourth-order valence-electron chi connectivity index (χ4n) is 4.63. The second-order valence-electron chi connectivity index (χ2n) is 8.70. The Labute approximate surface area is 180 Å². The van der Waals surface area contributed by atoms with E-state index in [2.05, 4.69) is 24.0 Å². The predicted octanol–water partition coefficient (Wildman–Crippen LogP) is 4.71. The van der Waals surface area contributed by atoms with Gasteiger partial charge in [0.1, 0.15) is 11.6 Å².